The third-order valence-corrected chi connectivity index (χ3v) is 7.11. The van der Waals surface area contributed by atoms with Gasteiger partial charge in [-0.15, -0.1) is 0 Å². The van der Waals surface area contributed by atoms with Crippen molar-refractivity contribution in [3.05, 3.63) is 29.8 Å². The summed E-state index contributed by atoms with van der Waals surface area (Å²) in [5.41, 5.74) is 0.672. The van der Waals surface area contributed by atoms with Gasteiger partial charge in [-0.25, -0.2) is 13.3 Å². The van der Waals surface area contributed by atoms with Gasteiger partial charge in [0.05, 0.1) is 4.90 Å². The van der Waals surface area contributed by atoms with Crippen molar-refractivity contribution in [2.45, 2.75) is 13.0 Å². The lowest BCUT2D eigenvalue weighted by Gasteiger charge is -2.13. The van der Waals surface area contributed by atoms with Gasteiger partial charge in [-0.05, 0) is 65.5 Å². The van der Waals surface area contributed by atoms with Crippen LogP contribution in [0.25, 0.3) is 0 Å². The van der Waals surface area contributed by atoms with Crippen molar-refractivity contribution in [2.75, 3.05) is 0 Å². The number of hydrogen-bond donors (Lipinski definition) is 1. The standard InChI is InChI=1S/C8H7Br3O4S/c9-8(10,11)16(13,14)7-3-1-6(2-4-7)5-15-12/h1-4,12H,5H2. The molecular weight excluding hydrogens is 432 g/mol. The molecule has 1 aromatic rings. The zero-order valence-corrected chi connectivity index (χ0v) is 13.3. The number of sulfone groups is 1. The predicted octanol–water partition coefficient (Wildman–Crippen LogP) is 3.25. The van der Waals surface area contributed by atoms with E-state index >= 15 is 0 Å². The molecule has 8 heteroatoms. The second-order valence-electron chi connectivity index (χ2n) is 2.87. The largest absolute Gasteiger partial charge is 0.251 e. The minimum atomic E-state index is -3.56. The molecule has 0 aliphatic heterocycles. The van der Waals surface area contributed by atoms with Crippen molar-refractivity contribution in [3.8, 4) is 0 Å². The highest BCUT2D eigenvalue weighted by molar-refractivity contribution is 9.42. The highest BCUT2D eigenvalue weighted by Gasteiger charge is 2.37. The van der Waals surface area contributed by atoms with Crippen LogP contribution in [-0.4, -0.2) is 15.1 Å². The second kappa shape index (κ2) is 5.45. The van der Waals surface area contributed by atoms with Gasteiger partial charge >= 0.3 is 0 Å². The van der Waals surface area contributed by atoms with Crippen LogP contribution in [0.2, 0.25) is 0 Å². The summed E-state index contributed by atoms with van der Waals surface area (Å²) in [6, 6.07) is 5.98. The molecule has 0 saturated heterocycles. The summed E-state index contributed by atoms with van der Waals surface area (Å²) in [6.45, 7) is 0.0163. The van der Waals surface area contributed by atoms with Crippen LogP contribution in [-0.2, 0) is 21.3 Å². The van der Waals surface area contributed by atoms with Crippen LogP contribution in [0.3, 0.4) is 0 Å². The zero-order valence-electron chi connectivity index (χ0n) is 7.73. The highest BCUT2D eigenvalue weighted by atomic mass is 80.0. The maximum absolute atomic E-state index is 11.9. The number of alkyl halides is 3. The van der Waals surface area contributed by atoms with Crippen molar-refractivity contribution in [1.82, 2.24) is 0 Å². The topological polar surface area (TPSA) is 63.6 Å². The van der Waals surface area contributed by atoms with Gasteiger partial charge in [0.1, 0.15) is 6.61 Å². The van der Waals surface area contributed by atoms with E-state index in [1.807, 2.05) is 0 Å². The van der Waals surface area contributed by atoms with E-state index in [0.717, 1.165) is 0 Å². The smallest absolute Gasteiger partial charge is 0.239 e. The average molecular weight is 439 g/mol. The molecule has 0 heterocycles. The van der Waals surface area contributed by atoms with Crippen LogP contribution < -0.4 is 0 Å². The van der Waals surface area contributed by atoms with Crippen LogP contribution in [0, 0.1) is 0 Å². The van der Waals surface area contributed by atoms with Crippen molar-refractivity contribution in [1.29, 1.82) is 0 Å². The van der Waals surface area contributed by atoms with Gasteiger partial charge in [-0.1, -0.05) is 12.1 Å². The van der Waals surface area contributed by atoms with Gasteiger partial charge in [0.15, 0.2) is 0 Å². The Morgan fingerprint density at radius 3 is 2.06 bits per heavy atom. The quantitative estimate of drug-likeness (QED) is 0.447. The molecule has 4 nitrogen and oxygen atoms in total. The van der Waals surface area contributed by atoms with Crippen molar-refractivity contribution < 1.29 is 18.6 Å². The Hall–Kier alpha value is 0.530. The summed E-state index contributed by atoms with van der Waals surface area (Å²) in [6.07, 6.45) is 0. The molecule has 0 aliphatic carbocycles. The molecule has 16 heavy (non-hydrogen) atoms. The minimum Gasteiger partial charge on any atom is -0.251 e. The Kier molecular flexibility index (Phi) is 4.97. The summed E-state index contributed by atoms with van der Waals surface area (Å²) < 4.78 is 22.4. The van der Waals surface area contributed by atoms with Crippen LogP contribution in [0.15, 0.2) is 29.2 Å². The van der Waals surface area contributed by atoms with E-state index in [0.29, 0.717) is 5.56 Å². The molecular formula is C8H7Br3O4S. The molecule has 1 rings (SSSR count). The van der Waals surface area contributed by atoms with Crippen molar-refractivity contribution in [3.63, 3.8) is 0 Å². The van der Waals surface area contributed by atoms with Gasteiger partial charge in [-0.2, -0.15) is 0 Å². The van der Waals surface area contributed by atoms with E-state index in [-0.39, 0.29) is 11.5 Å². The zero-order chi connectivity index (χ0) is 12.4. The maximum Gasteiger partial charge on any atom is 0.239 e. The average Bonchev–Trinajstić information content (AvgIpc) is 2.17. The van der Waals surface area contributed by atoms with Crippen LogP contribution in [0.4, 0.5) is 0 Å². The maximum atomic E-state index is 11.9. The van der Waals surface area contributed by atoms with Crippen LogP contribution >= 0.6 is 47.8 Å². The van der Waals surface area contributed by atoms with E-state index in [9.17, 15) is 8.42 Å². The predicted molar refractivity (Wildman–Crippen MR) is 70.6 cm³/mol. The molecule has 0 fully saturated rings. The highest BCUT2D eigenvalue weighted by Crippen LogP contribution is 2.43. The fourth-order valence-electron chi connectivity index (χ4n) is 0.973. The third kappa shape index (κ3) is 3.27. The van der Waals surface area contributed by atoms with E-state index in [1.54, 1.807) is 12.1 Å². The summed E-state index contributed by atoms with van der Waals surface area (Å²) in [5.74, 6) is 0. The molecule has 0 aromatic heterocycles. The molecule has 0 aliphatic rings. The molecule has 0 spiro atoms. The Morgan fingerprint density at radius 1 is 1.19 bits per heavy atom. The molecule has 0 saturated carbocycles. The molecule has 1 N–H and O–H groups in total. The second-order valence-corrected chi connectivity index (χ2v) is 13.3. The lowest BCUT2D eigenvalue weighted by Crippen LogP contribution is -2.17. The molecule has 0 radical (unpaired) electrons. The van der Waals surface area contributed by atoms with Gasteiger partial charge in [0.2, 0.25) is 11.3 Å². The number of benzene rings is 1. The third-order valence-electron chi connectivity index (χ3n) is 1.77. The summed E-state index contributed by atoms with van der Waals surface area (Å²) in [5, 5.41) is 8.24. The van der Waals surface area contributed by atoms with Gasteiger partial charge < -0.3 is 0 Å². The molecule has 1 aromatic carbocycles. The lowest BCUT2D eigenvalue weighted by molar-refractivity contribution is -0.253. The Labute approximate surface area is 118 Å². The van der Waals surface area contributed by atoms with Gasteiger partial charge in [-0.3, -0.25) is 5.26 Å². The van der Waals surface area contributed by atoms with Crippen LogP contribution in [0.5, 0.6) is 0 Å². The SMILES string of the molecule is O=S(=O)(c1ccc(COO)cc1)C(Br)(Br)Br. The van der Waals surface area contributed by atoms with Gasteiger partial charge in [0.25, 0.3) is 0 Å². The molecule has 90 valence electrons. The van der Waals surface area contributed by atoms with E-state index < -0.39 is 11.3 Å². The minimum absolute atomic E-state index is 0.0163. The first-order chi connectivity index (χ1) is 7.29. The Balaban J connectivity index is 3.08. The first-order valence-corrected chi connectivity index (χ1v) is 7.82. The summed E-state index contributed by atoms with van der Waals surface area (Å²) in [4.78, 5) is 4.08. The van der Waals surface area contributed by atoms with Gasteiger partial charge in [0, 0.05) is 0 Å². The Morgan fingerprint density at radius 2 is 1.69 bits per heavy atom. The normalized spacial score (nSPS) is 12.8. The summed E-state index contributed by atoms with van der Waals surface area (Å²) in [7, 11) is -3.56. The molecule has 0 amide bonds. The monoisotopic (exact) mass is 436 g/mol. The molecule has 0 atom stereocenters. The lowest BCUT2D eigenvalue weighted by atomic mass is 10.2. The molecule has 0 bridgehead atoms. The number of hydrogen-bond acceptors (Lipinski definition) is 4. The fourth-order valence-corrected chi connectivity index (χ4v) is 3.42. The van der Waals surface area contributed by atoms with Crippen molar-refractivity contribution in [2.24, 2.45) is 0 Å². The van der Waals surface area contributed by atoms with E-state index in [1.165, 1.54) is 12.1 Å². The first kappa shape index (κ1) is 14.6. The number of halogens is 3. The van der Waals surface area contributed by atoms with E-state index in [2.05, 4.69) is 52.7 Å². The van der Waals surface area contributed by atoms with Crippen molar-refractivity contribution >= 4 is 57.6 Å². The summed E-state index contributed by atoms with van der Waals surface area (Å²) >= 11 is 8.90. The first-order valence-electron chi connectivity index (χ1n) is 3.95. The Bertz CT molecular complexity index is 449. The van der Waals surface area contributed by atoms with Crippen LogP contribution in [0.1, 0.15) is 5.56 Å². The fraction of sp³-hybridized carbons (Fsp3) is 0.250. The van der Waals surface area contributed by atoms with E-state index in [4.69, 9.17) is 5.26 Å². The molecule has 0 unspecified atom stereocenters. The number of rotatable bonds is 3.